The molecule has 0 fully saturated rings. The van der Waals surface area contributed by atoms with Gasteiger partial charge in [-0.2, -0.15) is 0 Å². The molecular weight excluding hydrogens is 236 g/mol. The lowest BCUT2D eigenvalue weighted by atomic mass is 10.2. The second-order valence-electron chi connectivity index (χ2n) is 3.94. The van der Waals surface area contributed by atoms with Crippen molar-refractivity contribution in [3.05, 3.63) is 23.8 Å². The summed E-state index contributed by atoms with van der Waals surface area (Å²) in [6, 6.07) is 4.67. The maximum absolute atomic E-state index is 11.1. The average molecular weight is 254 g/mol. The SMILES string of the molecule is COc1ccc(OCCOC(C)C)c(C(=O)O)c1. The lowest BCUT2D eigenvalue weighted by Gasteiger charge is -2.11. The van der Waals surface area contributed by atoms with Gasteiger partial charge >= 0.3 is 5.97 Å². The molecule has 0 atom stereocenters. The van der Waals surface area contributed by atoms with Crippen molar-refractivity contribution in [3.8, 4) is 11.5 Å². The van der Waals surface area contributed by atoms with Crippen LogP contribution in [0.2, 0.25) is 0 Å². The van der Waals surface area contributed by atoms with Crippen molar-refractivity contribution in [3.63, 3.8) is 0 Å². The number of hydrogen-bond acceptors (Lipinski definition) is 4. The highest BCUT2D eigenvalue weighted by Crippen LogP contribution is 2.24. The van der Waals surface area contributed by atoms with Crippen LogP contribution in [0.4, 0.5) is 0 Å². The molecule has 0 radical (unpaired) electrons. The van der Waals surface area contributed by atoms with Crippen molar-refractivity contribution < 1.29 is 24.1 Å². The van der Waals surface area contributed by atoms with Gasteiger partial charge in [0.25, 0.3) is 0 Å². The molecule has 1 aromatic carbocycles. The summed E-state index contributed by atoms with van der Waals surface area (Å²) in [5.41, 5.74) is 0.0823. The van der Waals surface area contributed by atoms with Crippen molar-refractivity contribution in [1.29, 1.82) is 0 Å². The summed E-state index contributed by atoms with van der Waals surface area (Å²) in [5, 5.41) is 9.06. The van der Waals surface area contributed by atoms with E-state index in [-0.39, 0.29) is 11.7 Å². The largest absolute Gasteiger partial charge is 0.497 e. The molecule has 0 aliphatic rings. The summed E-state index contributed by atoms with van der Waals surface area (Å²) in [7, 11) is 1.48. The van der Waals surface area contributed by atoms with Gasteiger partial charge in [-0.3, -0.25) is 0 Å². The van der Waals surface area contributed by atoms with Crippen LogP contribution in [0.5, 0.6) is 11.5 Å². The lowest BCUT2D eigenvalue weighted by molar-refractivity contribution is 0.0538. The molecule has 1 N–H and O–H groups in total. The van der Waals surface area contributed by atoms with Crippen LogP contribution in [0, 0.1) is 0 Å². The summed E-state index contributed by atoms with van der Waals surface area (Å²) in [5.74, 6) is -0.248. The van der Waals surface area contributed by atoms with Crippen molar-refractivity contribution in [2.45, 2.75) is 20.0 Å². The van der Waals surface area contributed by atoms with Gasteiger partial charge in [0.05, 0.1) is 19.8 Å². The summed E-state index contributed by atoms with van der Waals surface area (Å²) < 4.78 is 15.7. The van der Waals surface area contributed by atoms with E-state index >= 15 is 0 Å². The molecule has 5 nitrogen and oxygen atoms in total. The third kappa shape index (κ3) is 4.25. The van der Waals surface area contributed by atoms with E-state index in [1.807, 2.05) is 13.8 Å². The molecule has 0 spiro atoms. The molecule has 0 aromatic heterocycles. The predicted molar refractivity (Wildman–Crippen MR) is 66.5 cm³/mol. The van der Waals surface area contributed by atoms with Gasteiger partial charge in [-0.25, -0.2) is 4.79 Å². The minimum Gasteiger partial charge on any atom is -0.497 e. The summed E-state index contributed by atoms with van der Waals surface area (Å²) in [6.07, 6.45) is 0.128. The Labute approximate surface area is 106 Å². The molecule has 0 heterocycles. The zero-order valence-electron chi connectivity index (χ0n) is 10.8. The summed E-state index contributed by atoms with van der Waals surface area (Å²) in [4.78, 5) is 11.1. The molecule has 0 saturated heterocycles. The molecule has 18 heavy (non-hydrogen) atoms. The normalized spacial score (nSPS) is 10.4. The topological polar surface area (TPSA) is 65.0 Å². The number of carbonyl (C=O) groups is 1. The van der Waals surface area contributed by atoms with E-state index in [4.69, 9.17) is 19.3 Å². The molecule has 5 heteroatoms. The highest BCUT2D eigenvalue weighted by molar-refractivity contribution is 5.91. The zero-order chi connectivity index (χ0) is 13.5. The van der Waals surface area contributed by atoms with E-state index < -0.39 is 5.97 Å². The monoisotopic (exact) mass is 254 g/mol. The molecule has 0 aliphatic heterocycles. The van der Waals surface area contributed by atoms with Crippen LogP contribution >= 0.6 is 0 Å². The Balaban J connectivity index is 2.67. The van der Waals surface area contributed by atoms with Crippen LogP contribution in [0.25, 0.3) is 0 Å². The van der Waals surface area contributed by atoms with Crippen LogP contribution in [0.1, 0.15) is 24.2 Å². The third-order valence-corrected chi connectivity index (χ3v) is 2.21. The molecule has 0 saturated carbocycles. The highest BCUT2D eigenvalue weighted by Gasteiger charge is 2.12. The molecule has 0 unspecified atom stereocenters. The van der Waals surface area contributed by atoms with Crippen LogP contribution in [-0.2, 0) is 4.74 Å². The number of benzene rings is 1. The number of methoxy groups -OCH3 is 1. The average Bonchev–Trinajstić information content (AvgIpc) is 2.34. The molecule has 1 aromatic rings. The fourth-order valence-electron chi connectivity index (χ4n) is 1.36. The Morgan fingerprint density at radius 1 is 1.33 bits per heavy atom. The van der Waals surface area contributed by atoms with Crippen LogP contribution in [0.3, 0.4) is 0 Å². The second-order valence-corrected chi connectivity index (χ2v) is 3.94. The Bertz CT molecular complexity index is 400. The Kier molecular flexibility index (Phi) is 5.45. The van der Waals surface area contributed by atoms with Gasteiger partial charge in [-0.1, -0.05) is 0 Å². The molecule has 100 valence electrons. The minimum atomic E-state index is -1.05. The Hall–Kier alpha value is -1.75. The van der Waals surface area contributed by atoms with E-state index in [9.17, 15) is 4.79 Å². The first-order chi connectivity index (χ1) is 8.54. The van der Waals surface area contributed by atoms with Crippen LogP contribution in [0.15, 0.2) is 18.2 Å². The Morgan fingerprint density at radius 2 is 2.06 bits per heavy atom. The second kappa shape index (κ2) is 6.86. The standard InChI is InChI=1S/C13H18O5/c1-9(2)17-6-7-18-12-5-4-10(16-3)8-11(12)13(14)15/h4-5,8-9H,6-7H2,1-3H3,(H,14,15). The quantitative estimate of drug-likeness (QED) is 0.756. The van der Waals surface area contributed by atoms with Crippen molar-refractivity contribution in [2.75, 3.05) is 20.3 Å². The number of carboxylic acids is 1. The fraction of sp³-hybridized carbons (Fsp3) is 0.462. The smallest absolute Gasteiger partial charge is 0.339 e. The van der Waals surface area contributed by atoms with Crippen molar-refractivity contribution >= 4 is 5.97 Å². The van der Waals surface area contributed by atoms with Crippen LogP contribution in [-0.4, -0.2) is 37.5 Å². The van der Waals surface area contributed by atoms with Gasteiger partial charge in [-0.05, 0) is 32.0 Å². The summed E-state index contributed by atoms with van der Waals surface area (Å²) in [6.45, 7) is 4.58. The third-order valence-electron chi connectivity index (χ3n) is 2.21. The molecule has 0 amide bonds. The number of aromatic carboxylic acids is 1. The van der Waals surface area contributed by atoms with E-state index in [1.165, 1.54) is 13.2 Å². The van der Waals surface area contributed by atoms with Gasteiger partial charge in [0.15, 0.2) is 0 Å². The minimum absolute atomic E-state index is 0.0823. The first-order valence-corrected chi connectivity index (χ1v) is 5.70. The van der Waals surface area contributed by atoms with E-state index in [2.05, 4.69) is 0 Å². The van der Waals surface area contributed by atoms with Gasteiger partial charge < -0.3 is 19.3 Å². The predicted octanol–water partition coefficient (Wildman–Crippen LogP) is 2.20. The highest BCUT2D eigenvalue weighted by atomic mass is 16.5. The maximum atomic E-state index is 11.1. The van der Waals surface area contributed by atoms with Crippen molar-refractivity contribution in [1.82, 2.24) is 0 Å². The van der Waals surface area contributed by atoms with Gasteiger partial charge in [0.1, 0.15) is 23.7 Å². The number of ether oxygens (including phenoxy) is 3. The van der Waals surface area contributed by atoms with Crippen molar-refractivity contribution in [2.24, 2.45) is 0 Å². The molecule has 0 bridgehead atoms. The Morgan fingerprint density at radius 3 is 2.61 bits per heavy atom. The molecule has 1 rings (SSSR count). The number of hydrogen-bond donors (Lipinski definition) is 1. The van der Waals surface area contributed by atoms with Crippen LogP contribution < -0.4 is 9.47 Å². The maximum Gasteiger partial charge on any atom is 0.339 e. The van der Waals surface area contributed by atoms with Gasteiger partial charge in [-0.15, -0.1) is 0 Å². The fourth-order valence-corrected chi connectivity index (χ4v) is 1.36. The van der Waals surface area contributed by atoms with E-state index in [0.29, 0.717) is 24.7 Å². The zero-order valence-corrected chi connectivity index (χ0v) is 10.8. The summed E-state index contributed by atoms with van der Waals surface area (Å²) >= 11 is 0. The molecule has 0 aliphatic carbocycles. The van der Waals surface area contributed by atoms with Gasteiger partial charge in [0, 0.05) is 0 Å². The van der Waals surface area contributed by atoms with Gasteiger partial charge in [0.2, 0.25) is 0 Å². The van der Waals surface area contributed by atoms with E-state index in [1.54, 1.807) is 12.1 Å². The molecular formula is C13H18O5. The number of carboxylic acid groups (broad SMARTS) is 1. The lowest BCUT2D eigenvalue weighted by Crippen LogP contribution is -2.12. The first kappa shape index (κ1) is 14.3. The van der Waals surface area contributed by atoms with E-state index in [0.717, 1.165) is 0 Å². The number of rotatable bonds is 7. The first-order valence-electron chi connectivity index (χ1n) is 5.70.